The van der Waals surface area contributed by atoms with Crippen molar-refractivity contribution >= 4 is 22.4 Å². The van der Waals surface area contributed by atoms with E-state index in [0.29, 0.717) is 5.56 Å². The Morgan fingerprint density at radius 2 is 2.00 bits per heavy atom. The molecule has 1 saturated heterocycles. The van der Waals surface area contributed by atoms with Gasteiger partial charge in [0.15, 0.2) is 0 Å². The van der Waals surface area contributed by atoms with Gasteiger partial charge in [-0.15, -0.1) is 0 Å². The molecule has 1 aliphatic heterocycles. The first kappa shape index (κ1) is 13.4. The normalized spacial score (nSPS) is 21.4. The highest BCUT2D eigenvalue weighted by Gasteiger charge is 2.37. The van der Waals surface area contributed by atoms with Crippen LogP contribution in [0.15, 0.2) is 36.4 Å². The van der Waals surface area contributed by atoms with E-state index in [2.05, 4.69) is 6.07 Å². The summed E-state index contributed by atoms with van der Waals surface area (Å²) in [6.07, 6.45) is 0.866. The van der Waals surface area contributed by atoms with Crippen molar-refractivity contribution in [3.63, 3.8) is 0 Å². The Morgan fingerprint density at radius 1 is 1.29 bits per heavy atom. The number of nitrogens with zero attached hydrogens (tertiary/aromatic N) is 2. The summed E-state index contributed by atoms with van der Waals surface area (Å²) in [7, 11) is 0. The van der Waals surface area contributed by atoms with Crippen LogP contribution in [0.3, 0.4) is 0 Å². The SMILES string of the molecule is CC1CCN(c2ccc(C#N)c3ccccc23)C1C(=O)O. The molecule has 0 amide bonds. The molecule has 2 aromatic carbocycles. The summed E-state index contributed by atoms with van der Waals surface area (Å²) in [4.78, 5) is 13.5. The number of hydrogen-bond acceptors (Lipinski definition) is 3. The van der Waals surface area contributed by atoms with E-state index in [4.69, 9.17) is 0 Å². The van der Waals surface area contributed by atoms with E-state index in [0.717, 1.165) is 29.4 Å². The van der Waals surface area contributed by atoms with Crippen LogP contribution in [-0.4, -0.2) is 23.7 Å². The van der Waals surface area contributed by atoms with Crippen molar-refractivity contribution in [1.82, 2.24) is 0 Å². The zero-order valence-corrected chi connectivity index (χ0v) is 11.8. The van der Waals surface area contributed by atoms with Gasteiger partial charge in [0.2, 0.25) is 0 Å². The lowest BCUT2D eigenvalue weighted by Crippen LogP contribution is -2.39. The van der Waals surface area contributed by atoms with Gasteiger partial charge in [0.25, 0.3) is 0 Å². The van der Waals surface area contributed by atoms with Crippen molar-refractivity contribution < 1.29 is 9.90 Å². The molecule has 2 unspecified atom stereocenters. The number of carbonyl (C=O) groups is 1. The Kier molecular flexibility index (Phi) is 3.26. The third kappa shape index (κ3) is 2.11. The highest BCUT2D eigenvalue weighted by molar-refractivity contribution is 5.99. The molecule has 1 fully saturated rings. The van der Waals surface area contributed by atoms with Gasteiger partial charge in [-0.05, 0) is 24.5 Å². The maximum Gasteiger partial charge on any atom is 0.326 e. The van der Waals surface area contributed by atoms with Crippen LogP contribution in [0.2, 0.25) is 0 Å². The number of benzene rings is 2. The van der Waals surface area contributed by atoms with Gasteiger partial charge in [0.1, 0.15) is 6.04 Å². The third-order valence-electron chi connectivity index (χ3n) is 4.28. The van der Waals surface area contributed by atoms with E-state index in [-0.39, 0.29) is 5.92 Å². The van der Waals surface area contributed by atoms with Gasteiger partial charge in [0, 0.05) is 23.0 Å². The maximum absolute atomic E-state index is 11.6. The molecule has 2 atom stereocenters. The second kappa shape index (κ2) is 5.10. The number of fused-ring (bicyclic) bond motifs is 1. The molecule has 0 aromatic heterocycles. The lowest BCUT2D eigenvalue weighted by molar-refractivity contribution is -0.139. The summed E-state index contributed by atoms with van der Waals surface area (Å²) in [5.74, 6) is -0.662. The second-order valence-electron chi connectivity index (χ2n) is 5.53. The average Bonchev–Trinajstić information content (AvgIpc) is 2.87. The van der Waals surface area contributed by atoms with E-state index >= 15 is 0 Å². The van der Waals surface area contributed by atoms with Gasteiger partial charge in [-0.2, -0.15) is 5.26 Å². The van der Waals surface area contributed by atoms with E-state index in [1.54, 1.807) is 6.07 Å². The monoisotopic (exact) mass is 280 g/mol. The molecular formula is C17H16N2O2. The molecule has 1 N–H and O–H groups in total. The molecular weight excluding hydrogens is 264 g/mol. The molecule has 0 spiro atoms. The smallest absolute Gasteiger partial charge is 0.326 e. The van der Waals surface area contributed by atoms with Crippen LogP contribution < -0.4 is 4.90 Å². The maximum atomic E-state index is 11.6. The standard InChI is InChI=1S/C17H16N2O2/c1-11-8-9-19(16(11)17(20)21)15-7-6-12(10-18)13-4-2-3-5-14(13)15/h2-7,11,16H,8-9H2,1H3,(H,20,21). The molecule has 4 heteroatoms. The van der Waals surface area contributed by atoms with Gasteiger partial charge in [-0.1, -0.05) is 31.2 Å². The molecule has 3 rings (SSSR count). The quantitative estimate of drug-likeness (QED) is 0.918. The fourth-order valence-corrected chi connectivity index (χ4v) is 3.22. The average molecular weight is 280 g/mol. The van der Waals surface area contributed by atoms with Crippen molar-refractivity contribution in [2.45, 2.75) is 19.4 Å². The van der Waals surface area contributed by atoms with Crippen LogP contribution in [0.25, 0.3) is 10.8 Å². The van der Waals surface area contributed by atoms with Crippen LogP contribution in [0.1, 0.15) is 18.9 Å². The van der Waals surface area contributed by atoms with Gasteiger partial charge >= 0.3 is 5.97 Å². The van der Waals surface area contributed by atoms with Crippen LogP contribution in [0, 0.1) is 17.2 Å². The summed E-state index contributed by atoms with van der Waals surface area (Å²) < 4.78 is 0. The minimum absolute atomic E-state index is 0.122. The van der Waals surface area contributed by atoms with Gasteiger partial charge < -0.3 is 10.0 Å². The predicted octanol–water partition coefficient (Wildman–Crippen LogP) is 3.01. The number of rotatable bonds is 2. The van der Waals surface area contributed by atoms with Crippen molar-refractivity contribution in [1.29, 1.82) is 5.26 Å². The number of anilines is 1. The van der Waals surface area contributed by atoms with Crippen LogP contribution >= 0.6 is 0 Å². The molecule has 4 nitrogen and oxygen atoms in total. The molecule has 0 bridgehead atoms. The number of carboxylic acids is 1. The Morgan fingerprint density at radius 3 is 2.67 bits per heavy atom. The van der Waals surface area contributed by atoms with Gasteiger partial charge in [-0.25, -0.2) is 4.79 Å². The molecule has 106 valence electrons. The Labute approximate surface area is 123 Å². The summed E-state index contributed by atoms with van der Waals surface area (Å²) in [6.45, 7) is 2.71. The fraction of sp³-hybridized carbons (Fsp3) is 0.294. The van der Waals surface area contributed by atoms with Crippen LogP contribution in [0.5, 0.6) is 0 Å². The molecule has 1 aliphatic rings. The topological polar surface area (TPSA) is 64.3 Å². The minimum Gasteiger partial charge on any atom is -0.480 e. The van der Waals surface area contributed by atoms with Crippen molar-refractivity contribution in [2.24, 2.45) is 5.92 Å². The fourth-order valence-electron chi connectivity index (χ4n) is 3.22. The van der Waals surface area contributed by atoms with E-state index in [1.807, 2.05) is 42.2 Å². The molecule has 1 heterocycles. The Hall–Kier alpha value is -2.54. The molecule has 0 radical (unpaired) electrons. The summed E-state index contributed by atoms with van der Waals surface area (Å²) >= 11 is 0. The highest BCUT2D eigenvalue weighted by Crippen LogP contribution is 2.35. The number of aliphatic carboxylic acids is 1. The second-order valence-corrected chi connectivity index (χ2v) is 5.53. The lowest BCUT2D eigenvalue weighted by Gasteiger charge is -2.27. The largest absolute Gasteiger partial charge is 0.480 e. The molecule has 0 aliphatic carbocycles. The number of hydrogen-bond donors (Lipinski definition) is 1. The minimum atomic E-state index is -0.784. The zero-order valence-electron chi connectivity index (χ0n) is 11.8. The van der Waals surface area contributed by atoms with E-state index in [1.165, 1.54) is 0 Å². The van der Waals surface area contributed by atoms with Crippen molar-refractivity contribution in [2.75, 3.05) is 11.4 Å². The molecule has 2 aromatic rings. The van der Waals surface area contributed by atoms with E-state index < -0.39 is 12.0 Å². The van der Waals surface area contributed by atoms with Gasteiger partial charge in [-0.3, -0.25) is 0 Å². The summed E-state index contributed by atoms with van der Waals surface area (Å²) in [5.41, 5.74) is 1.52. The molecule has 21 heavy (non-hydrogen) atoms. The summed E-state index contributed by atoms with van der Waals surface area (Å²) in [6, 6.07) is 13.0. The first-order valence-corrected chi connectivity index (χ1v) is 7.05. The summed E-state index contributed by atoms with van der Waals surface area (Å²) in [5, 5.41) is 20.5. The van der Waals surface area contributed by atoms with Crippen molar-refractivity contribution in [3.05, 3.63) is 42.0 Å². The molecule has 0 saturated carbocycles. The predicted molar refractivity (Wildman–Crippen MR) is 81.2 cm³/mol. The van der Waals surface area contributed by atoms with Gasteiger partial charge in [0.05, 0.1) is 11.6 Å². The van der Waals surface area contributed by atoms with Crippen molar-refractivity contribution in [3.8, 4) is 6.07 Å². The first-order valence-electron chi connectivity index (χ1n) is 7.05. The van der Waals surface area contributed by atoms with E-state index in [9.17, 15) is 15.2 Å². The van der Waals surface area contributed by atoms with Crippen LogP contribution in [0.4, 0.5) is 5.69 Å². The zero-order chi connectivity index (χ0) is 15.0. The number of nitriles is 1. The number of carboxylic acid groups (broad SMARTS) is 1. The third-order valence-corrected chi connectivity index (χ3v) is 4.28. The first-order chi connectivity index (χ1) is 10.1. The lowest BCUT2D eigenvalue weighted by atomic mass is 10.0. The Bertz CT molecular complexity index is 748. The van der Waals surface area contributed by atoms with Crippen LogP contribution in [-0.2, 0) is 4.79 Å². The Balaban J connectivity index is 2.18. The highest BCUT2D eigenvalue weighted by atomic mass is 16.4.